The van der Waals surface area contributed by atoms with Crippen LogP contribution in [0, 0.1) is 5.41 Å². The van der Waals surface area contributed by atoms with E-state index in [-0.39, 0.29) is 6.04 Å². The van der Waals surface area contributed by atoms with Crippen molar-refractivity contribution in [2.24, 2.45) is 11.1 Å². The van der Waals surface area contributed by atoms with E-state index in [1.807, 2.05) is 11.3 Å². The lowest BCUT2D eigenvalue weighted by Crippen LogP contribution is -2.32. The summed E-state index contributed by atoms with van der Waals surface area (Å²) in [7, 11) is 0. The fourth-order valence-corrected chi connectivity index (χ4v) is 5.09. The summed E-state index contributed by atoms with van der Waals surface area (Å²) in [5.74, 6) is 0. The van der Waals surface area contributed by atoms with Gasteiger partial charge >= 0.3 is 0 Å². The van der Waals surface area contributed by atoms with Crippen molar-refractivity contribution < 1.29 is 0 Å². The second-order valence-electron chi connectivity index (χ2n) is 7.18. The Morgan fingerprint density at radius 1 is 1.35 bits per heavy atom. The molecule has 0 aromatic carbocycles. The van der Waals surface area contributed by atoms with Gasteiger partial charge in [0, 0.05) is 23.5 Å². The molecule has 3 nitrogen and oxygen atoms in total. The van der Waals surface area contributed by atoms with Gasteiger partial charge in [0.1, 0.15) is 0 Å². The quantitative estimate of drug-likeness (QED) is 0.919. The average Bonchev–Trinajstić information content (AvgIpc) is 2.98. The van der Waals surface area contributed by atoms with Gasteiger partial charge in [-0.3, -0.25) is 0 Å². The van der Waals surface area contributed by atoms with Crippen molar-refractivity contribution in [1.29, 1.82) is 0 Å². The molecule has 112 valence electrons. The van der Waals surface area contributed by atoms with Gasteiger partial charge in [-0.05, 0) is 38.0 Å². The summed E-state index contributed by atoms with van der Waals surface area (Å²) in [5.41, 5.74) is 7.94. The molecule has 1 saturated carbocycles. The highest BCUT2D eigenvalue weighted by Crippen LogP contribution is 2.44. The van der Waals surface area contributed by atoms with Gasteiger partial charge in [0.2, 0.25) is 0 Å². The molecule has 2 aliphatic rings. The third kappa shape index (κ3) is 2.60. The van der Waals surface area contributed by atoms with Gasteiger partial charge in [-0.1, -0.05) is 38.0 Å². The fourth-order valence-electron chi connectivity index (χ4n) is 3.87. The van der Waals surface area contributed by atoms with E-state index in [4.69, 9.17) is 10.7 Å². The summed E-state index contributed by atoms with van der Waals surface area (Å²) in [6.07, 6.45) is 7.56. The number of rotatable bonds is 3. The number of thiazole rings is 1. The van der Waals surface area contributed by atoms with Crippen LogP contribution in [-0.4, -0.2) is 17.6 Å². The van der Waals surface area contributed by atoms with Crippen LogP contribution in [-0.2, 0) is 6.42 Å². The van der Waals surface area contributed by atoms with Gasteiger partial charge in [0.05, 0.1) is 5.69 Å². The number of nitrogens with zero attached hydrogens (tertiary/aromatic N) is 2. The number of fused-ring (bicyclic) bond motifs is 1. The molecular weight excluding hydrogens is 266 g/mol. The largest absolute Gasteiger partial charge is 0.345 e. The Morgan fingerprint density at radius 3 is 2.70 bits per heavy atom. The Bertz CT molecular complexity index is 474. The van der Waals surface area contributed by atoms with Crippen molar-refractivity contribution in [3.8, 4) is 0 Å². The highest BCUT2D eigenvalue weighted by Gasteiger charge is 2.34. The maximum Gasteiger partial charge on any atom is 0.186 e. The Hall–Kier alpha value is -0.610. The normalized spacial score (nSPS) is 25.7. The molecule has 0 saturated heterocycles. The number of nitrogens with two attached hydrogens (primary N) is 1. The monoisotopic (exact) mass is 293 g/mol. The molecule has 2 aliphatic carbocycles. The highest BCUT2D eigenvalue weighted by atomic mass is 32.1. The van der Waals surface area contributed by atoms with Gasteiger partial charge < -0.3 is 10.6 Å². The number of hydrogen-bond donors (Lipinski definition) is 1. The second-order valence-corrected chi connectivity index (χ2v) is 8.19. The summed E-state index contributed by atoms with van der Waals surface area (Å²) in [4.78, 5) is 8.84. The molecule has 0 spiro atoms. The maximum atomic E-state index is 6.38. The van der Waals surface area contributed by atoms with Gasteiger partial charge in [0.15, 0.2) is 5.13 Å². The van der Waals surface area contributed by atoms with Crippen LogP contribution in [0.2, 0.25) is 0 Å². The van der Waals surface area contributed by atoms with Crippen molar-refractivity contribution in [1.82, 2.24) is 4.98 Å². The minimum atomic E-state index is 0.183. The number of hydrogen-bond acceptors (Lipinski definition) is 4. The first-order valence-corrected chi connectivity index (χ1v) is 8.83. The van der Waals surface area contributed by atoms with Crippen LogP contribution in [0.3, 0.4) is 0 Å². The SMILES string of the molecule is CCN(c1nc2c(s1)C(N)CC(C)(C)C2)C1CCCC1. The summed E-state index contributed by atoms with van der Waals surface area (Å²) in [5, 5.41) is 1.22. The van der Waals surface area contributed by atoms with E-state index in [2.05, 4.69) is 25.7 Å². The third-order valence-corrected chi connectivity index (χ3v) is 6.09. The Labute approximate surface area is 126 Å². The smallest absolute Gasteiger partial charge is 0.186 e. The van der Waals surface area contributed by atoms with Crippen LogP contribution in [0.25, 0.3) is 0 Å². The van der Waals surface area contributed by atoms with E-state index >= 15 is 0 Å². The second kappa shape index (κ2) is 5.30. The summed E-state index contributed by atoms with van der Waals surface area (Å²) < 4.78 is 0. The van der Waals surface area contributed by atoms with Crippen molar-refractivity contribution in [3.63, 3.8) is 0 Å². The molecule has 20 heavy (non-hydrogen) atoms. The predicted octanol–water partition coefficient (Wildman–Crippen LogP) is 3.88. The lowest BCUT2D eigenvalue weighted by Gasteiger charge is -2.32. The van der Waals surface area contributed by atoms with Crippen LogP contribution >= 0.6 is 11.3 Å². The molecule has 4 heteroatoms. The summed E-state index contributed by atoms with van der Waals surface area (Å²) in [6.45, 7) is 7.94. The zero-order valence-corrected chi connectivity index (χ0v) is 13.8. The molecular formula is C16H27N3S. The van der Waals surface area contributed by atoms with Crippen LogP contribution < -0.4 is 10.6 Å². The van der Waals surface area contributed by atoms with E-state index in [9.17, 15) is 0 Å². The fraction of sp³-hybridized carbons (Fsp3) is 0.812. The van der Waals surface area contributed by atoms with Gasteiger partial charge in [-0.25, -0.2) is 4.98 Å². The van der Waals surface area contributed by atoms with E-state index in [0.29, 0.717) is 11.5 Å². The van der Waals surface area contributed by atoms with Crippen molar-refractivity contribution in [2.45, 2.75) is 71.4 Å². The van der Waals surface area contributed by atoms with E-state index < -0.39 is 0 Å². The topological polar surface area (TPSA) is 42.2 Å². The molecule has 3 rings (SSSR count). The number of aromatic nitrogens is 1. The van der Waals surface area contributed by atoms with Gasteiger partial charge in [-0.2, -0.15) is 0 Å². The molecule has 0 aliphatic heterocycles. The van der Waals surface area contributed by atoms with E-state index in [0.717, 1.165) is 19.4 Å². The number of anilines is 1. The predicted molar refractivity (Wildman–Crippen MR) is 86.4 cm³/mol. The summed E-state index contributed by atoms with van der Waals surface area (Å²) in [6, 6.07) is 0.888. The molecule has 2 N–H and O–H groups in total. The van der Waals surface area contributed by atoms with E-state index in [1.54, 1.807) is 0 Å². The minimum Gasteiger partial charge on any atom is -0.345 e. The third-order valence-electron chi connectivity index (χ3n) is 4.82. The zero-order valence-electron chi connectivity index (χ0n) is 13.0. The van der Waals surface area contributed by atoms with Gasteiger partial charge in [-0.15, -0.1) is 0 Å². The molecule has 0 radical (unpaired) electrons. The van der Waals surface area contributed by atoms with Crippen LogP contribution in [0.5, 0.6) is 0 Å². The lowest BCUT2D eigenvalue weighted by molar-refractivity contribution is 0.282. The van der Waals surface area contributed by atoms with Gasteiger partial charge in [0.25, 0.3) is 0 Å². The molecule has 1 heterocycles. The maximum absolute atomic E-state index is 6.38. The highest BCUT2D eigenvalue weighted by molar-refractivity contribution is 7.15. The summed E-state index contributed by atoms with van der Waals surface area (Å²) >= 11 is 1.85. The van der Waals surface area contributed by atoms with Crippen LogP contribution in [0.15, 0.2) is 0 Å². The molecule has 0 amide bonds. The standard InChI is InChI=1S/C16H27N3S/c1-4-19(11-7-5-6-8-11)15-18-13-10-16(2,3)9-12(17)14(13)20-15/h11-12H,4-10,17H2,1-3H3. The Balaban J connectivity index is 1.88. The van der Waals surface area contributed by atoms with Crippen LogP contribution in [0.1, 0.15) is 69.5 Å². The molecule has 0 bridgehead atoms. The Kier molecular flexibility index (Phi) is 3.80. The first-order valence-electron chi connectivity index (χ1n) is 8.02. The zero-order chi connectivity index (χ0) is 14.3. The molecule has 1 atom stereocenters. The van der Waals surface area contributed by atoms with Crippen molar-refractivity contribution in [2.75, 3.05) is 11.4 Å². The van der Waals surface area contributed by atoms with Crippen LogP contribution in [0.4, 0.5) is 5.13 Å². The average molecular weight is 293 g/mol. The minimum absolute atomic E-state index is 0.183. The molecule has 1 aromatic heterocycles. The lowest BCUT2D eigenvalue weighted by atomic mass is 9.77. The molecule has 1 unspecified atom stereocenters. The first kappa shape index (κ1) is 14.3. The first-order chi connectivity index (χ1) is 9.50. The molecule has 1 aromatic rings. The van der Waals surface area contributed by atoms with Crippen molar-refractivity contribution >= 4 is 16.5 Å². The Morgan fingerprint density at radius 2 is 2.05 bits per heavy atom. The van der Waals surface area contributed by atoms with E-state index in [1.165, 1.54) is 41.4 Å². The molecule has 1 fully saturated rings. The van der Waals surface area contributed by atoms with Crippen molar-refractivity contribution in [3.05, 3.63) is 10.6 Å².